The van der Waals surface area contributed by atoms with Gasteiger partial charge in [-0.15, -0.1) is 22.7 Å². The van der Waals surface area contributed by atoms with E-state index >= 15 is 0 Å². The second kappa shape index (κ2) is 18.1. The number of carbonyl (C=O) groups excluding carboxylic acids is 2. The lowest BCUT2D eigenvalue weighted by atomic mass is 10.0. The second-order valence-corrected chi connectivity index (χ2v) is 13.0. The molecule has 0 fully saturated rings. The minimum Gasteiger partial charge on any atom is -0.444 e. The Labute approximate surface area is 267 Å². The number of ether oxygens (including phenoxy) is 2. The summed E-state index contributed by atoms with van der Waals surface area (Å²) >= 11 is 2.90. The van der Waals surface area contributed by atoms with E-state index in [1.165, 1.54) is 22.7 Å². The number of rotatable bonds is 17. The molecule has 11 heteroatoms. The molecule has 0 spiro atoms. The summed E-state index contributed by atoms with van der Waals surface area (Å²) in [6, 6.07) is 19.8. The topological polar surface area (TPSA) is 106 Å². The molecular formula is C33H41N5O4S2. The minimum atomic E-state index is -0.464. The molecule has 0 radical (unpaired) electrons. The standard InChI is InChI=1S/C33H41N5O4S2/c1-25(2)13-14-38(19-28(15-26-9-5-3-6-10-26)36-32(39)41-21-30-17-34-23-43-30)20-29(16-27-11-7-4-8-12-27)37-33(40)42-22-31-18-35-24-44-31/h3-12,17-18,23-25,28-29H,13-16,19-22H2,1-2H3,(H,36,39)(H,37,40)/t28-,29-/m0/s1. The van der Waals surface area contributed by atoms with E-state index in [0.29, 0.717) is 31.8 Å². The number of nitrogens with zero attached hydrogens (tertiary/aromatic N) is 3. The molecule has 44 heavy (non-hydrogen) atoms. The molecule has 0 saturated carbocycles. The van der Waals surface area contributed by atoms with E-state index in [1.807, 2.05) is 36.4 Å². The number of aromatic nitrogens is 2. The van der Waals surface area contributed by atoms with Gasteiger partial charge in [-0.2, -0.15) is 0 Å². The van der Waals surface area contributed by atoms with Crippen LogP contribution in [-0.4, -0.2) is 58.8 Å². The highest BCUT2D eigenvalue weighted by Crippen LogP contribution is 2.13. The average Bonchev–Trinajstić information content (AvgIpc) is 3.74. The second-order valence-electron chi connectivity index (χ2n) is 11.1. The quantitative estimate of drug-likeness (QED) is 0.140. The molecular weight excluding hydrogens is 595 g/mol. The van der Waals surface area contributed by atoms with Crippen molar-refractivity contribution < 1.29 is 19.1 Å². The first kappa shape index (κ1) is 33.1. The predicted octanol–water partition coefficient (Wildman–Crippen LogP) is 6.32. The van der Waals surface area contributed by atoms with E-state index in [1.54, 1.807) is 23.4 Å². The van der Waals surface area contributed by atoms with Crippen LogP contribution in [0.4, 0.5) is 9.59 Å². The molecule has 234 valence electrons. The molecule has 2 aromatic heterocycles. The van der Waals surface area contributed by atoms with Crippen LogP contribution in [0.2, 0.25) is 0 Å². The number of nitrogens with one attached hydrogen (secondary N) is 2. The fourth-order valence-corrected chi connectivity index (χ4v) is 5.77. The van der Waals surface area contributed by atoms with E-state index in [-0.39, 0.29) is 25.3 Å². The monoisotopic (exact) mass is 635 g/mol. The van der Waals surface area contributed by atoms with E-state index in [9.17, 15) is 9.59 Å². The number of hydrogen-bond donors (Lipinski definition) is 2. The summed E-state index contributed by atoms with van der Waals surface area (Å²) in [5, 5.41) is 6.22. The number of alkyl carbamates (subject to hydrolysis) is 2. The highest BCUT2D eigenvalue weighted by molar-refractivity contribution is 7.09. The molecule has 0 aliphatic carbocycles. The fraction of sp³-hybridized carbons (Fsp3) is 0.394. The number of carbonyl (C=O) groups is 2. The summed E-state index contributed by atoms with van der Waals surface area (Å²) < 4.78 is 11.1. The summed E-state index contributed by atoms with van der Waals surface area (Å²) in [6.45, 7) is 6.73. The molecule has 0 bridgehead atoms. The number of benzene rings is 2. The van der Waals surface area contributed by atoms with Gasteiger partial charge in [0.15, 0.2) is 0 Å². The lowest BCUT2D eigenvalue weighted by molar-refractivity contribution is 0.126. The minimum absolute atomic E-state index is 0.179. The van der Waals surface area contributed by atoms with Crippen molar-refractivity contribution in [2.75, 3.05) is 19.6 Å². The zero-order chi connectivity index (χ0) is 31.0. The van der Waals surface area contributed by atoms with Crippen LogP contribution in [0.15, 0.2) is 84.1 Å². The van der Waals surface area contributed by atoms with Gasteiger partial charge in [-0.25, -0.2) is 9.59 Å². The maximum absolute atomic E-state index is 12.9. The van der Waals surface area contributed by atoms with Crippen molar-refractivity contribution in [1.82, 2.24) is 25.5 Å². The lowest BCUT2D eigenvalue weighted by Crippen LogP contribution is -2.50. The Morgan fingerprint density at radius 1 is 0.750 bits per heavy atom. The van der Waals surface area contributed by atoms with Gasteiger partial charge < -0.3 is 20.1 Å². The molecule has 9 nitrogen and oxygen atoms in total. The Morgan fingerprint density at radius 3 is 1.59 bits per heavy atom. The summed E-state index contributed by atoms with van der Waals surface area (Å²) in [5.74, 6) is 0.493. The van der Waals surface area contributed by atoms with Crippen molar-refractivity contribution in [2.24, 2.45) is 5.92 Å². The molecule has 0 aliphatic heterocycles. The van der Waals surface area contributed by atoms with Gasteiger partial charge in [-0.3, -0.25) is 14.9 Å². The van der Waals surface area contributed by atoms with Crippen molar-refractivity contribution in [2.45, 2.75) is 58.4 Å². The van der Waals surface area contributed by atoms with Gasteiger partial charge in [0.2, 0.25) is 0 Å². The van der Waals surface area contributed by atoms with Crippen LogP contribution in [0.25, 0.3) is 0 Å². The van der Waals surface area contributed by atoms with Gasteiger partial charge in [-0.1, -0.05) is 74.5 Å². The maximum atomic E-state index is 12.9. The SMILES string of the molecule is CC(C)CCN(C[C@H](Cc1ccccc1)NC(=O)OCc1cncs1)C[C@H](Cc1ccccc1)NC(=O)OCc1cncs1. The molecule has 0 saturated heterocycles. The summed E-state index contributed by atoms with van der Waals surface area (Å²) in [4.78, 5) is 38.0. The van der Waals surface area contributed by atoms with Crippen LogP contribution < -0.4 is 10.6 Å². The normalized spacial score (nSPS) is 12.5. The summed E-state index contributed by atoms with van der Waals surface area (Å²) in [6.07, 6.45) is 4.74. The van der Waals surface area contributed by atoms with Crippen LogP contribution in [0.3, 0.4) is 0 Å². The smallest absolute Gasteiger partial charge is 0.407 e. The average molecular weight is 636 g/mol. The van der Waals surface area contributed by atoms with Gasteiger partial charge >= 0.3 is 12.2 Å². The Morgan fingerprint density at radius 2 is 1.20 bits per heavy atom. The van der Waals surface area contributed by atoms with Crippen LogP contribution in [0.1, 0.15) is 41.1 Å². The third kappa shape index (κ3) is 12.4. The van der Waals surface area contributed by atoms with Crippen molar-refractivity contribution in [3.05, 3.63) is 105 Å². The first-order chi connectivity index (χ1) is 21.4. The third-order valence-electron chi connectivity index (χ3n) is 6.93. The first-order valence-corrected chi connectivity index (χ1v) is 16.6. The third-order valence-corrected chi connectivity index (χ3v) is 8.44. The Kier molecular flexibility index (Phi) is 13.6. The van der Waals surface area contributed by atoms with Crippen LogP contribution >= 0.6 is 22.7 Å². The largest absolute Gasteiger partial charge is 0.444 e. The van der Waals surface area contributed by atoms with E-state index in [4.69, 9.17) is 9.47 Å². The fourth-order valence-electron chi connectivity index (χ4n) is 4.76. The van der Waals surface area contributed by atoms with Crippen molar-refractivity contribution in [3.63, 3.8) is 0 Å². The molecule has 2 atom stereocenters. The number of thiazole rings is 2. The van der Waals surface area contributed by atoms with Crippen LogP contribution in [0.5, 0.6) is 0 Å². The van der Waals surface area contributed by atoms with Crippen molar-refractivity contribution in [1.29, 1.82) is 0 Å². The van der Waals surface area contributed by atoms with Crippen LogP contribution in [0, 0.1) is 5.92 Å². The zero-order valence-electron chi connectivity index (χ0n) is 25.3. The summed E-state index contributed by atoms with van der Waals surface area (Å²) in [7, 11) is 0. The van der Waals surface area contributed by atoms with Gasteiger partial charge in [0.1, 0.15) is 13.2 Å². The summed E-state index contributed by atoms with van der Waals surface area (Å²) in [5.41, 5.74) is 5.68. The lowest BCUT2D eigenvalue weighted by Gasteiger charge is -2.32. The van der Waals surface area contributed by atoms with E-state index < -0.39 is 12.2 Å². The Bertz CT molecular complexity index is 1260. The molecule has 0 aliphatic rings. The van der Waals surface area contributed by atoms with Crippen LogP contribution in [-0.2, 0) is 35.5 Å². The molecule has 2 amide bonds. The highest BCUT2D eigenvalue weighted by Gasteiger charge is 2.23. The molecule has 2 N–H and O–H groups in total. The van der Waals surface area contributed by atoms with Gasteiger partial charge in [0, 0.05) is 37.6 Å². The predicted molar refractivity (Wildman–Crippen MR) is 175 cm³/mol. The van der Waals surface area contributed by atoms with Gasteiger partial charge in [-0.05, 0) is 42.9 Å². The highest BCUT2D eigenvalue weighted by atomic mass is 32.1. The molecule has 4 aromatic rings. The molecule has 2 heterocycles. The molecule has 4 rings (SSSR count). The Balaban J connectivity index is 1.47. The zero-order valence-corrected chi connectivity index (χ0v) is 26.9. The van der Waals surface area contributed by atoms with Crippen molar-refractivity contribution >= 4 is 34.9 Å². The van der Waals surface area contributed by atoms with Gasteiger partial charge in [0.05, 0.1) is 20.8 Å². The maximum Gasteiger partial charge on any atom is 0.407 e. The van der Waals surface area contributed by atoms with Gasteiger partial charge in [0.25, 0.3) is 0 Å². The number of hydrogen-bond acceptors (Lipinski definition) is 9. The molecule has 2 aromatic carbocycles. The van der Waals surface area contributed by atoms with E-state index in [2.05, 4.69) is 63.6 Å². The first-order valence-electron chi connectivity index (χ1n) is 14.8. The number of amides is 2. The van der Waals surface area contributed by atoms with E-state index in [0.717, 1.165) is 33.8 Å². The van der Waals surface area contributed by atoms with Crippen molar-refractivity contribution in [3.8, 4) is 0 Å². The Hall–Kier alpha value is -3.80. The molecule has 0 unspecified atom stereocenters.